The first-order valence-corrected chi connectivity index (χ1v) is 5.58. The Morgan fingerprint density at radius 3 is 2.80 bits per heavy atom. The van der Waals surface area contributed by atoms with E-state index >= 15 is 0 Å². The van der Waals surface area contributed by atoms with Crippen LogP contribution in [-0.4, -0.2) is 29.6 Å². The zero-order valence-electron chi connectivity index (χ0n) is 9.07. The summed E-state index contributed by atoms with van der Waals surface area (Å²) in [4.78, 5) is 2.17. The largest absolute Gasteiger partial charge is 0.384 e. The van der Waals surface area contributed by atoms with E-state index in [0.29, 0.717) is 17.6 Å². The van der Waals surface area contributed by atoms with Crippen LogP contribution in [0.5, 0.6) is 0 Å². The van der Waals surface area contributed by atoms with Gasteiger partial charge in [-0.15, -0.1) is 0 Å². The molecule has 2 rings (SSSR count). The molecule has 1 N–H and O–H groups in total. The number of halogens is 1. The smallest absolute Gasteiger partial charge is 0.104 e. The molecule has 0 amide bonds. The summed E-state index contributed by atoms with van der Waals surface area (Å²) >= 11 is 5.93. The van der Waals surface area contributed by atoms with Crippen molar-refractivity contribution in [3.63, 3.8) is 0 Å². The number of β-amino-alcohol motifs (C(OH)–C–C–N with tert-alkyl or cyclic N) is 1. The van der Waals surface area contributed by atoms with E-state index in [0.717, 1.165) is 12.0 Å². The van der Waals surface area contributed by atoms with Gasteiger partial charge in [0.2, 0.25) is 0 Å². The fourth-order valence-electron chi connectivity index (χ4n) is 2.26. The van der Waals surface area contributed by atoms with Crippen molar-refractivity contribution < 1.29 is 5.11 Å². The third kappa shape index (κ3) is 2.03. The standard InChI is InChI=1S/C12H16ClNO/c1-9-7-12(15,8-14(9)2)10-4-3-5-11(13)6-10/h3-6,9,15H,7-8H2,1-2H3. The fraction of sp³-hybridized carbons (Fsp3) is 0.500. The topological polar surface area (TPSA) is 23.5 Å². The van der Waals surface area contributed by atoms with Gasteiger partial charge in [0.25, 0.3) is 0 Å². The predicted molar refractivity (Wildman–Crippen MR) is 62.1 cm³/mol. The Bertz CT molecular complexity index is 356. The number of nitrogens with zero attached hydrogens (tertiary/aromatic N) is 1. The van der Waals surface area contributed by atoms with Crippen LogP contribution in [0, 0.1) is 0 Å². The molecule has 2 atom stereocenters. The number of likely N-dealkylation sites (N-methyl/N-ethyl adjacent to an activating group) is 1. The molecule has 1 aliphatic rings. The Morgan fingerprint density at radius 2 is 2.27 bits per heavy atom. The normalized spacial score (nSPS) is 32.1. The molecular weight excluding hydrogens is 210 g/mol. The molecule has 1 aromatic rings. The third-order valence-electron chi connectivity index (χ3n) is 3.26. The average molecular weight is 226 g/mol. The van der Waals surface area contributed by atoms with Crippen molar-refractivity contribution in [2.75, 3.05) is 13.6 Å². The number of hydrogen-bond donors (Lipinski definition) is 1. The minimum Gasteiger partial charge on any atom is -0.384 e. The van der Waals surface area contributed by atoms with Gasteiger partial charge in [-0.2, -0.15) is 0 Å². The molecule has 1 fully saturated rings. The number of hydrogen-bond acceptors (Lipinski definition) is 2. The molecule has 82 valence electrons. The van der Waals surface area contributed by atoms with Crippen LogP contribution >= 0.6 is 11.6 Å². The minimum atomic E-state index is -0.737. The molecule has 2 unspecified atom stereocenters. The summed E-state index contributed by atoms with van der Waals surface area (Å²) in [6.45, 7) is 2.80. The molecule has 0 aromatic heterocycles. The summed E-state index contributed by atoms with van der Waals surface area (Å²) in [5.74, 6) is 0. The second-order valence-electron chi connectivity index (χ2n) is 4.51. The van der Waals surface area contributed by atoms with E-state index in [2.05, 4.69) is 11.8 Å². The van der Waals surface area contributed by atoms with Crippen LogP contribution in [0.2, 0.25) is 5.02 Å². The Labute approximate surface area is 95.5 Å². The van der Waals surface area contributed by atoms with Gasteiger partial charge >= 0.3 is 0 Å². The van der Waals surface area contributed by atoms with Crippen molar-refractivity contribution in [3.05, 3.63) is 34.9 Å². The Morgan fingerprint density at radius 1 is 1.53 bits per heavy atom. The Hall–Kier alpha value is -0.570. The van der Waals surface area contributed by atoms with Gasteiger partial charge in [-0.25, -0.2) is 0 Å². The number of likely N-dealkylation sites (tertiary alicyclic amines) is 1. The zero-order valence-corrected chi connectivity index (χ0v) is 9.83. The van der Waals surface area contributed by atoms with Gasteiger partial charge in [0.1, 0.15) is 5.60 Å². The van der Waals surface area contributed by atoms with Crippen LogP contribution in [0.15, 0.2) is 24.3 Å². The van der Waals surface area contributed by atoms with Gasteiger partial charge in [-0.1, -0.05) is 23.7 Å². The highest BCUT2D eigenvalue weighted by molar-refractivity contribution is 6.30. The van der Waals surface area contributed by atoms with Gasteiger partial charge in [-0.05, 0) is 38.1 Å². The van der Waals surface area contributed by atoms with E-state index in [4.69, 9.17) is 11.6 Å². The summed E-state index contributed by atoms with van der Waals surface area (Å²) in [6.07, 6.45) is 0.768. The van der Waals surface area contributed by atoms with Crippen molar-refractivity contribution in [2.24, 2.45) is 0 Å². The molecule has 3 heteroatoms. The average Bonchev–Trinajstić information content (AvgIpc) is 2.42. The molecule has 0 spiro atoms. The molecular formula is C12H16ClNO. The number of rotatable bonds is 1. The van der Waals surface area contributed by atoms with Gasteiger partial charge in [0, 0.05) is 17.6 Å². The van der Waals surface area contributed by atoms with E-state index in [9.17, 15) is 5.11 Å². The van der Waals surface area contributed by atoms with Crippen molar-refractivity contribution >= 4 is 11.6 Å². The van der Waals surface area contributed by atoms with Crippen LogP contribution < -0.4 is 0 Å². The van der Waals surface area contributed by atoms with Crippen molar-refractivity contribution in [2.45, 2.75) is 25.0 Å². The summed E-state index contributed by atoms with van der Waals surface area (Å²) < 4.78 is 0. The first-order chi connectivity index (χ1) is 7.01. The van der Waals surface area contributed by atoms with Crippen LogP contribution in [0.4, 0.5) is 0 Å². The molecule has 2 nitrogen and oxygen atoms in total. The van der Waals surface area contributed by atoms with Crippen molar-refractivity contribution in [3.8, 4) is 0 Å². The fourth-order valence-corrected chi connectivity index (χ4v) is 2.45. The van der Waals surface area contributed by atoms with Crippen LogP contribution in [0.25, 0.3) is 0 Å². The third-order valence-corrected chi connectivity index (χ3v) is 3.49. The van der Waals surface area contributed by atoms with E-state index < -0.39 is 5.60 Å². The van der Waals surface area contributed by atoms with Gasteiger partial charge < -0.3 is 10.0 Å². The monoisotopic (exact) mass is 225 g/mol. The van der Waals surface area contributed by atoms with Crippen LogP contribution in [-0.2, 0) is 5.60 Å². The molecule has 15 heavy (non-hydrogen) atoms. The van der Waals surface area contributed by atoms with Crippen molar-refractivity contribution in [1.29, 1.82) is 0 Å². The van der Waals surface area contributed by atoms with Crippen molar-refractivity contribution in [1.82, 2.24) is 4.90 Å². The highest BCUT2D eigenvalue weighted by Crippen LogP contribution is 2.35. The van der Waals surface area contributed by atoms with E-state index in [1.807, 2.05) is 31.3 Å². The Kier molecular flexibility index (Phi) is 2.75. The first kappa shape index (κ1) is 10.9. The maximum absolute atomic E-state index is 10.5. The molecule has 0 radical (unpaired) electrons. The quantitative estimate of drug-likeness (QED) is 0.793. The van der Waals surface area contributed by atoms with Crippen LogP contribution in [0.3, 0.4) is 0 Å². The lowest BCUT2D eigenvalue weighted by atomic mass is 9.91. The molecule has 1 aliphatic heterocycles. The molecule has 1 aromatic carbocycles. The molecule has 0 aliphatic carbocycles. The highest BCUT2D eigenvalue weighted by atomic mass is 35.5. The number of benzene rings is 1. The Balaban J connectivity index is 2.31. The van der Waals surface area contributed by atoms with Gasteiger partial charge in [0.05, 0.1) is 0 Å². The minimum absolute atomic E-state index is 0.411. The predicted octanol–water partition coefficient (Wildman–Crippen LogP) is 2.25. The highest BCUT2D eigenvalue weighted by Gasteiger charge is 2.40. The second kappa shape index (κ2) is 3.78. The summed E-state index contributed by atoms with van der Waals surface area (Å²) in [5, 5.41) is 11.2. The lowest BCUT2D eigenvalue weighted by Gasteiger charge is -2.22. The van der Waals surface area contributed by atoms with Gasteiger partial charge in [-0.3, -0.25) is 0 Å². The summed E-state index contributed by atoms with van der Waals surface area (Å²) in [5.41, 5.74) is 0.185. The van der Waals surface area contributed by atoms with Gasteiger partial charge in [0.15, 0.2) is 0 Å². The lowest BCUT2D eigenvalue weighted by molar-refractivity contribution is 0.0486. The molecule has 0 bridgehead atoms. The molecule has 1 saturated heterocycles. The SMILES string of the molecule is CC1CC(O)(c2cccc(Cl)c2)CN1C. The summed E-state index contributed by atoms with van der Waals surface area (Å²) in [6, 6.07) is 7.93. The zero-order chi connectivity index (χ0) is 11.1. The summed E-state index contributed by atoms with van der Waals surface area (Å²) in [7, 11) is 2.03. The number of aliphatic hydroxyl groups is 1. The molecule has 0 saturated carbocycles. The van der Waals surface area contributed by atoms with E-state index in [1.165, 1.54) is 0 Å². The maximum atomic E-state index is 10.5. The van der Waals surface area contributed by atoms with Crippen LogP contribution in [0.1, 0.15) is 18.9 Å². The van der Waals surface area contributed by atoms with E-state index in [-0.39, 0.29) is 0 Å². The second-order valence-corrected chi connectivity index (χ2v) is 4.95. The van der Waals surface area contributed by atoms with E-state index in [1.54, 1.807) is 0 Å². The lowest BCUT2D eigenvalue weighted by Crippen LogP contribution is -2.29. The maximum Gasteiger partial charge on any atom is 0.104 e. The first-order valence-electron chi connectivity index (χ1n) is 5.20. The molecule has 1 heterocycles.